The molecule has 18 heavy (non-hydrogen) atoms. The van der Waals surface area contributed by atoms with Crippen molar-refractivity contribution in [2.75, 3.05) is 13.2 Å². The Morgan fingerprint density at radius 3 is 2.78 bits per heavy atom. The van der Waals surface area contributed by atoms with Crippen LogP contribution in [0.3, 0.4) is 0 Å². The summed E-state index contributed by atoms with van der Waals surface area (Å²) in [5.41, 5.74) is 0.309. The third kappa shape index (κ3) is 2.70. The number of carbonyl (C=O) groups is 1. The van der Waals surface area contributed by atoms with E-state index in [2.05, 4.69) is 5.32 Å². The van der Waals surface area contributed by atoms with Crippen LogP contribution in [-0.4, -0.2) is 24.2 Å². The summed E-state index contributed by atoms with van der Waals surface area (Å²) in [6, 6.07) is 6.36. The summed E-state index contributed by atoms with van der Waals surface area (Å²) in [5, 5.41) is 12.1. The molecule has 1 fully saturated rings. The fraction of sp³-hybridized carbons (Fsp3) is 0.500. The van der Waals surface area contributed by atoms with Gasteiger partial charge in [-0.15, -0.1) is 0 Å². The zero-order valence-electron chi connectivity index (χ0n) is 10.3. The second-order valence-corrected chi connectivity index (χ2v) is 4.93. The molecule has 0 unspecified atom stereocenters. The number of halogens is 1. The number of hydrogen-bond donors (Lipinski definition) is 2. The molecule has 3 nitrogen and oxygen atoms in total. The Kier molecular flexibility index (Phi) is 3.97. The molecule has 1 aliphatic carbocycles. The van der Waals surface area contributed by atoms with Gasteiger partial charge in [0.1, 0.15) is 5.82 Å². The van der Waals surface area contributed by atoms with E-state index in [0.29, 0.717) is 13.0 Å². The zero-order valence-corrected chi connectivity index (χ0v) is 10.3. The van der Waals surface area contributed by atoms with Crippen molar-refractivity contribution in [1.82, 2.24) is 5.32 Å². The van der Waals surface area contributed by atoms with E-state index in [1.54, 1.807) is 6.07 Å². The van der Waals surface area contributed by atoms with E-state index >= 15 is 0 Å². The number of benzene rings is 1. The normalized spacial score (nSPS) is 17.0. The Morgan fingerprint density at radius 1 is 1.44 bits per heavy atom. The van der Waals surface area contributed by atoms with Gasteiger partial charge in [0, 0.05) is 6.54 Å². The van der Waals surface area contributed by atoms with Gasteiger partial charge in [-0.05, 0) is 37.0 Å². The van der Waals surface area contributed by atoms with Gasteiger partial charge in [0.2, 0.25) is 5.91 Å². The van der Waals surface area contributed by atoms with E-state index < -0.39 is 5.41 Å². The first-order chi connectivity index (χ1) is 8.66. The second-order valence-electron chi connectivity index (χ2n) is 4.93. The monoisotopic (exact) mass is 251 g/mol. The van der Waals surface area contributed by atoms with Crippen molar-refractivity contribution >= 4 is 5.91 Å². The third-order valence-electron chi connectivity index (χ3n) is 3.68. The molecule has 0 bridgehead atoms. The third-order valence-corrected chi connectivity index (χ3v) is 3.68. The molecule has 1 saturated carbocycles. The highest BCUT2D eigenvalue weighted by molar-refractivity contribution is 5.83. The first kappa shape index (κ1) is 13.0. The van der Waals surface area contributed by atoms with E-state index in [-0.39, 0.29) is 18.3 Å². The van der Waals surface area contributed by atoms with Crippen LogP contribution in [-0.2, 0) is 11.2 Å². The van der Waals surface area contributed by atoms with Crippen LogP contribution in [0.15, 0.2) is 24.3 Å². The van der Waals surface area contributed by atoms with Gasteiger partial charge >= 0.3 is 0 Å². The van der Waals surface area contributed by atoms with Crippen molar-refractivity contribution in [3.05, 3.63) is 35.6 Å². The Bertz CT molecular complexity index is 424. The molecule has 2 N–H and O–H groups in total. The van der Waals surface area contributed by atoms with Crippen LogP contribution in [0.4, 0.5) is 4.39 Å². The molecule has 0 atom stereocenters. The summed E-state index contributed by atoms with van der Waals surface area (Å²) < 4.78 is 12.9. The predicted molar refractivity (Wildman–Crippen MR) is 66.5 cm³/mol. The molecule has 1 aliphatic rings. The van der Waals surface area contributed by atoms with Crippen molar-refractivity contribution in [2.24, 2.45) is 5.41 Å². The maximum Gasteiger partial charge on any atom is 0.228 e. The maximum absolute atomic E-state index is 12.9. The van der Waals surface area contributed by atoms with Crippen LogP contribution in [0.5, 0.6) is 0 Å². The first-order valence-electron chi connectivity index (χ1n) is 6.30. The number of nitrogens with one attached hydrogen (secondary N) is 1. The number of aliphatic hydroxyl groups excluding tert-OH is 1. The molecule has 2 rings (SSSR count). The lowest BCUT2D eigenvalue weighted by atomic mass is 9.68. The fourth-order valence-electron chi connectivity index (χ4n) is 2.26. The average molecular weight is 251 g/mol. The number of carbonyl (C=O) groups excluding carboxylic acids is 1. The smallest absolute Gasteiger partial charge is 0.228 e. The van der Waals surface area contributed by atoms with Crippen molar-refractivity contribution in [3.8, 4) is 0 Å². The number of amides is 1. The molecule has 0 heterocycles. The van der Waals surface area contributed by atoms with Crippen molar-refractivity contribution in [3.63, 3.8) is 0 Å². The van der Waals surface area contributed by atoms with Crippen LogP contribution in [0.1, 0.15) is 24.8 Å². The average Bonchev–Trinajstić information content (AvgIpc) is 2.28. The Hall–Kier alpha value is -1.42. The van der Waals surface area contributed by atoms with Gasteiger partial charge in [0.25, 0.3) is 0 Å². The van der Waals surface area contributed by atoms with Crippen LogP contribution >= 0.6 is 0 Å². The molecule has 0 saturated heterocycles. The highest BCUT2D eigenvalue weighted by atomic mass is 19.1. The molecule has 1 aromatic carbocycles. The second kappa shape index (κ2) is 5.48. The summed E-state index contributed by atoms with van der Waals surface area (Å²) in [6.07, 6.45) is 3.12. The van der Waals surface area contributed by atoms with Gasteiger partial charge in [-0.1, -0.05) is 18.6 Å². The minimum absolute atomic E-state index is 0.0762. The summed E-state index contributed by atoms with van der Waals surface area (Å²) in [6.45, 7) is 0.392. The summed E-state index contributed by atoms with van der Waals surface area (Å²) >= 11 is 0. The van der Waals surface area contributed by atoms with Crippen LogP contribution < -0.4 is 5.32 Å². The lowest BCUT2D eigenvalue weighted by Crippen LogP contribution is -2.48. The maximum atomic E-state index is 12.9. The molecule has 0 aliphatic heterocycles. The van der Waals surface area contributed by atoms with E-state index in [0.717, 1.165) is 24.8 Å². The van der Waals surface area contributed by atoms with Crippen molar-refractivity contribution in [1.29, 1.82) is 0 Å². The Morgan fingerprint density at radius 2 is 2.22 bits per heavy atom. The highest BCUT2D eigenvalue weighted by Crippen LogP contribution is 2.40. The lowest BCUT2D eigenvalue weighted by molar-refractivity contribution is -0.139. The molecule has 0 aromatic heterocycles. The van der Waals surface area contributed by atoms with Gasteiger partial charge in [0.05, 0.1) is 12.0 Å². The van der Waals surface area contributed by atoms with E-state index in [4.69, 9.17) is 0 Å². The van der Waals surface area contributed by atoms with Crippen LogP contribution in [0.25, 0.3) is 0 Å². The van der Waals surface area contributed by atoms with Crippen molar-refractivity contribution < 1.29 is 14.3 Å². The minimum atomic E-state index is -0.554. The summed E-state index contributed by atoms with van der Waals surface area (Å²) in [7, 11) is 0. The van der Waals surface area contributed by atoms with Gasteiger partial charge < -0.3 is 10.4 Å². The molecule has 0 spiro atoms. The molecule has 98 valence electrons. The van der Waals surface area contributed by atoms with Gasteiger partial charge in [0.15, 0.2) is 0 Å². The zero-order chi connectivity index (χ0) is 13.0. The van der Waals surface area contributed by atoms with Crippen LogP contribution in [0, 0.1) is 11.2 Å². The molecule has 1 amide bonds. The standard InChI is InChI=1S/C14H18FNO2/c15-12-4-1-3-11(9-12)5-8-16-13(18)14(10-17)6-2-7-14/h1,3-4,9,17H,2,5-8,10H2,(H,16,18). The summed E-state index contributed by atoms with van der Waals surface area (Å²) in [5.74, 6) is -0.336. The molecular weight excluding hydrogens is 233 g/mol. The topological polar surface area (TPSA) is 49.3 Å². The molecular formula is C14H18FNO2. The van der Waals surface area contributed by atoms with E-state index in [1.165, 1.54) is 12.1 Å². The van der Waals surface area contributed by atoms with Crippen molar-refractivity contribution in [2.45, 2.75) is 25.7 Å². The van der Waals surface area contributed by atoms with Gasteiger partial charge in [-0.2, -0.15) is 0 Å². The Balaban J connectivity index is 1.80. The highest BCUT2D eigenvalue weighted by Gasteiger charge is 2.43. The first-order valence-corrected chi connectivity index (χ1v) is 6.30. The lowest BCUT2D eigenvalue weighted by Gasteiger charge is -2.38. The van der Waals surface area contributed by atoms with E-state index in [1.807, 2.05) is 6.07 Å². The number of hydrogen-bond acceptors (Lipinski definition) is 2. The minimum Gasteiger partial charge on any atom is -0.395 e. The number of aliphatic hydroxyl groups is 1. The van der Waals surface area contributed by atoms with Crippen LogP contribution in [0.2, 0.25) is 0 Å². The predicted octanol–water partition coefficient (Wildman–Crippen LogP) is 1.65. The van der Waals surface area contributed by atoms with Gasteiger partial charge in [-0.25, -0.2) is 4.39 Å². The quantitative estimate of drug-likeness (QED) is 0.836. The molecule has 4 heteroatoms. The fourth-order valence-corrected chi connectivity index (χ4v) is 2.26. The SMILES string of the molecule is O=C(NCCc1cccc(F)c1)C1(CO)CCC1. The summed E-state index contributed by atoms with van der Waals surface area (Å²) in [4.78, 5) is 11.9. The number of rotatable bonds is 5. The van der Waals surface area contributed by atoms with Gasteiger partial charge in [-0.3, -0.25) is 4.79 Å². The Labute approximate surface area is 106 Å². The van der Waals surface area contributed by atoms with E-state index in [9.17, 15) is 14.3 Å². The molecule has 0 radical (unpaired) electrons. The molecule has 1 aromatic rings. The largest absolute Gasteiger partial charge is 0.395 e.